The Morgan fingerprint density at radius 2 is 1.65 bits per heavy atom. The average Bonchev–Trinajstić information content (AvgIpc) is 3.15. The van der Waals surface area contributed by atoms with Gasteiger partial charge in [0.25, 0.3) is 0 Å². The van der Waals surface area contributed by atoms with Crippen LogP contribution in [0.15, 0.2) is 61.1 Å². The highest BCUT2D eigenvalue weighted by atomic mass is 16.1. The first-order chi connectivity index (χ1) is 12.6. The largest absolute Gasteiger partial charge is 0.351 e. The number of ketones is 1. The Morgan fingerprint density at radius 1 is 1.04 bits per heavy atom. The summed E-state index contributed by atoms with van der Waals surface area (Å²) in [6, 6.07) is 16.1. The third-order valence-electron chi connectivity index (χ3n) is 4.35. The second-order valence-electron chi connectivity index (χ2n) is 6.62. The third-order valence-corrected chi connectivity index (χ3v) is 4.35. The minimum atomic E-state index is -0.0423. The molecule has 26 heavy (non-hydrogen) atoms. The van der Waals surface area contributed by atoms with Crippen molar-refractivity contribution in [2.24, 2.45) is 5.92 Å². The molecule has 1 unspecified atom stereocenters. The number of aromatic amines is 1. The zero-order valence-corrected chi connectivity index (χ0v) is 15.1. The number of imidazole rings is 1. The zero-order valence-electron chi connectivity index (χ0n) is 15.1. The molecule has 0 aliphatic heterocycles. The smallest absolute Gasteiger partial charge is 0.140 e. The predicted molar refractivity (Wildman–Crippen MR) is 104 cm³/mol. The molecule has 3 heteroatoms. The topological polar surface area (TPSA) is 45.8 Å². The Kier molecular flexibility index (Phi) is 5.66. The Balaban J connectivity index is 1.59. The molecule has 0 aliphatic rings. The molecule has 3 rings (SSSR count). The van der Waals surface area contributed by atoms with Gasteiger partial charge in [0.1, 0.15) is 5.78 Å². The van der Waals surface area contributed by atoms with Crippen molar-refractivity contribution in [3.05, 3.63) is 89.0 Å². The number of benzene rings is 2. The van der Waals surface area contributed by atoms with E-state index in [2.05, 4.69) is 40.9 Å². The standard InChI is InChI=1S/C23H22N2O/c1-17-3-5-19(6-4-17)7-8-20-9-11-21(12-10-20)14-23(26)18(2)13-22-15-24-16-25-22/h3-6,9-12,15-16,18H,13-14H2,1-2H3,(H,24,25). The summed E-state index contributed by atoms with van der Waals surface area (Å²) in [5.41, 5.74) is 5.12. The molecule has 130 valence electrons. The number of Topliss-reactive ketones (excluding diaryl/α,β-unsaturated/α-hetero) is 1. The molecule has 0 fully saturated rings. The van der Waals surface area contributed by atoms with Crippen LogP contribution in [0.4, 0.5) is 0 Å². The number of hydrogen-bond acceptors (Lipinski definition) is 2. The predicted octanol–water partition coefficient (Wildman–Crippen LogP) is 4.11. The minimum absolute atomic E-state index is 0.0423. The molecule has 2 aromatic carbocycles. The number of aryl methyl sites for hydroxylation is 1. The Hall–Kier alpha value is -3.12. The van der Waals surface area contributed by atoms with Crippen molar-refractivity contribution >= 4 is 5.78 Å². The lowest BCUT2D eigenvalue weighted by molar-refractivity contribution is -0.121. The lowest BCUT2D eigenvalue weighted by Crippen LogP contribution is -2.16. The summed E-state index contributed by atoms with van der Waals surface area (Å²) in [5, 5.41) is 0. The molecule has 1 heterocycles. The molecule has 0 aliphatic carbocycles. The summed E-state index contributed by atoms with van der Waals surface area (Å²) in [4.78, 5) is 19.5. The number of carbonyl (C=O) groups excluding carboxylic acids is 1. The van der Waals surface area contributed by atoms with Crippen LogP contribution >= 0.6 is 0 Å². The van der Waals surface area contributed by atoms with Crippen molar-refractivity contribution < 1.29 is 4.79 Å². The third kappa shape index (κ3) is 4.94. The van der Waals surface area contributed by atoms with Crippen molar-refractivity contribution in [2.75, 3.05) is 0 Å². The first kappa shape index (κ1) is 17.7. The molecular formula is C23H22N2O. The monoisotopic (exact) mass is 342 g/mol. The lowest BCUT2D eigenvalue weighted by atomic mass is 9.95. The van der Waals surface area contributed by atoms with E-state index in [0.29, 0.717) is 12.8 Å². The van der Waals surface area contributed by atoms with Crippen LogP contribution < -0.4 is 0 Å². The van der Waals surface area contributed by atoms with E-state index < -0.39 is 0 Å². The van der Waals surface area contributed by atoms with Crippen LogP contribution in [0.3, 0.4) is 0 Å². The Morgan fingerprint density at radius 3 is 2.23 bits per heavy atom. The molecule has 0 saturated heterocycles. The van der Waals surface area contributed by atoms with Gasteiger partial charge in [-0.05, 0) is 36.8 Å². The summed E-state index contributed by atoms with van der Waals surface area (Å²) in [6.45, 7) is 4.02. The van der Waals surface area contributed by atoms with Gasteiger partial charge in [0, 0.05) is 36.1 Å². The maximum atomic E-state index is 12.4. The number of rotatable bonds is 5. The fourth-order valence-corrected chi connectivity index (χ4v) is 2.69. The second-order valence-corrected chi connectivity index (χ2v) is 6.62. The van der Waals surface area contributed by atoms with Crippen molar-refractivity contribution in [1.82, 2.24) is 9.97 Å². The zero-order chi connectivity index (χ0) is 18.4. The molecule has 1 atom stereocenters. The van der Waals surface area contributed by atoms with E-state index in [1.165, 1.54) is 5.56 Å². The molecular weight excluding hydrogens is 320 g/mol. The van der Waals surface area contributed by atoms with Crippen molar-refractivity contribution in [2.45, 2.75) is 26.7 Å². The van der Waals surface area contributed by atoms with Crippen molar-refractivity contribution in [3.63, 3.8) is 0 Å². The van der Waals surface area contributed by atoms with Gasteiger partial charge in [0.2, 0.25) is 0 Å². The molecule has 0 radical (unpaired) electrons. The van der Waals surface area contributed by atoms with Crippen molar-refractivity contribution in [3.8, 4) is 11.8 Å². The summed E-state index contributed by atoms with van der Waals surface area (Å²) < 4.78 is 0. The average molecular weight is 342 g/mol. The number of aromatic nitrogens is 2. The SMILES string of the molecule is Cc1ccc(C#Cc2ccc(CC(=O)C(C)Cc3c[nH]cn3)cc2)cc1. The summed E-state index contributed by atoms with van der Waals surface area (Å²) in [7, 11) is 0. The van der Waals surface area contributed by atoms with Gasteiger partial charge in [0.15, 0.2) is 0 Å². The van der Waals surface area contributed by atoms with E-state index >= 15 is 0 Å². The molecule has 0 amide bonds. The highest BCUT2D eigenvalue weighted by Crippen LogP contribution is 2.12. The molecule has 0 spiro atoms. The van der Waals surface area contributed by atoms with E-state index in [9.17, 15) is 4.79 Å². The molecule has 3 nitrogen and oxygen atoms in total. The fraction of sp³-hybridized carbons (Fsp3) is 0.217. The normalized spacial score (nSPS) is 11.5. The highest BCUT2D eigenvalue weighted by molar-refractivity contribution is 5.83. The molecule has 0 saturated carbocycles. The maximum absolute atomic E-state index is 12.4. The van der Waals surface area contributed by atoms with E-state index in [-0.39, 0.29) is 11.7 Å². The first-order valence-electron chi connectivity index (χ1n) is 8.78. The summed E-state index contributed by atoms with van der Waals surface area (Å²) in [6.07, 6.45) is 4.59. The van der Waals surface area contributed by atoms with Crippen LogP contribution in [-0.4, -0.2) is 15.8 Å². The quantitative estimate of drug-likeness (QED) is 0.709. The van der Waals surface area contributed by atoms with Gasteiger partial charge < -0.3 is 4.98 Å². The van der Waals surface area contributed by atoms with E-state index in [0.717, 1.165) is 22.4 Å². The van der Waals surface area contributed by atoms with Crippen LogP contribution in [0.2, 0.25) is 0 Å². The second kappa shape index (κ2) is 8.31. The van der Waals surface area contributed by atoms with E-state index in [4.69, 9.17) is 0 Å². The maximum Gasteiger partial charge on any atom is 0.140 e. The van der Waals surface area contributed by atoms with Crippen LogP contribution in [0.5, 0.6) is 0 Å². The summed E-state index contributed by atoms with van der Waals surface area (Å²) in [5.74, 6) is 6.52. The lowest BCUT2D eigenvalue weighted by Gasteiger charge is -2.09. The number of H-pyrrole nitrogens is 1. The first-order valence-corrected chi connectivity index (χ1v) is 8.78. The van der Waals surface area contributed by atoms with E-state index in [1.807, 2.05) is 49.5 Å². The number of nitrogens with one attached hydrogen (secondary N) is 1. The Labute approximate surface area is 154 Å². The molecule has 3 aromatic rings. The van der Waals surface area contributed by atoms with Gasteiger partial charge in [-0.25, -0.2) is 4.98 Å². The minimum Gasteiger partial charge on any atom is -0.351 e. The van der Waals surface area contributed by atoms with Gasteiger partial charge in [-0.1, -0.05) is 48.6 Å². The molecule has 1 N–H and O–H groups in total. The van der Waals surface area contributed by atoms with Crippen molar-refractivity contribution in [1.29, 1.82) is 0 Å². The van der Waals surface area contributed by atoms with Crippen LogP contribution in [0.25, 0.3) is 0 Å². The van der Waals surface area contributed by atoms with Gasteiger partial charge in [0.05, 0.1) is 12.0 Å². The number of hydrogen-bond donors (Lipinski definition) is 1. The number of nitrogens with zero attached hydrogens (tertiary/aromatic N) is 1. The number of carbonyl (C=O) groups is 1. The van der Waals surface area contributed by atoms with Crippen LogP contribution in [0.1, 0.15) is 34.9 Å². The molecule has 1 aromatic heterocycles. The molecule has 0 bridgehead atoms. The summed E-state index contributed by atoms with van der Waals surface area (Å²) >= 11 is 0. The fourth-order valence-electron chi connectivity index (χ4n) is 2.69. The Bertz CT molecular complexity index is 911. The van der Waals surface area contributed by atoms with Gasteiger partial charge >= 0.3 is 0 Å². The van der Waals surface area contributed by atoms with E-state index in [1.54, 1.807) is 6.33 Å². The van der Waals surface area contributed by atoms with Gasteiger partial charge in [-0.3, -0.25) is 4.79 Å². The van der Waals surface area contributed by atoms with Gasteiger partial charge in [-0.15, -0.1) is 0 Å². The van der Waals surface area contributed by atoms with Crippen LogP contribution in [0, 0.1) is 24.7 Å². The highest BCUT2D eigenvalue weighted by Gasteiger charge is 2.15. The van der Waals surface area contributed by atoms with Crippen LogP contribution in [-0.2, 0) is 17.6 Å². The van der Waals surface area contributed by atoms with Gasteiger partial charge in [-0.2, -0.15) is 0 Å².